The van der Waals surface area contributed by atoms with E-state index in [1.807, 2.05) is 48.0 Å². The first kappa shape index (κ1) is 17.4. The Labute approximate surface area is 159 Å². The number of aromatic nitrogens is 2. The van der Waals surface area contributed by atoms with Crippen LogP contribution in [0.25, 0.3) is 11.4 Å². The molecule has 27 heavy (non-hydrogen) atoms. The minimum absolute atomic E-state index is 0.0849. The molecule has 0 spiro atoms. The third-order valence-corrected chi connectivity index (χ3v) is 5.07. The lowest BCUT2D eigenvalue weighted by atomic mass is 10.1. The molecule has 1 atom stereocenters. The fourth-order valence-electron chi connectivity index (χ4n) is 2.91. The molecule has 3 heterocycles. The average molecular weight is 383 g/mol. The van der Waals surface area contributed by atoms with Gasteiger partial charge in [0.15, 0.2) is 6.61 Å². The Morgan fingerprint density at radius 3 is 2.89 bits per heavy atom. The summed E-state index contributed by atoms with van der Waals surface area (Å²) in [5.41, 5.74) is 2.76. The maximum Gasteiger partial charge on any atom is 0.311 e. The van der Waals surface area contributed by atoms with Crippen LogP contribution in [0.4, 0.5) is 5.69 Å². The summed E-state index contributed by atoms with van der Waals surface area (Å²) in [4.78, 5) is 30.4. The van der Waals surface area contributed by atoms with Crippen LogP contribution in [-0.4, -0.2) is 28.6 Å². The molecular formula is C19H17N3O4S. The third-order valence-electron chi connectivity index (χ3n) is 4.39. The minimum atomic E-state index is -0.502. The highest BCUT2D eigenvalue weighted by Crippen LogP contribution is 2.26. The van der Waals surface area contributed by atoms with Crippen molar-refractivity contribution in [2.75, 3.05) is 11.4 Å². The van der Waals surface area contributed by atoms with Crippen LogP contribution in [0.5, 0.6) is 0 Å². The van der Waals surface area contributed by atoms with Crippen LogP contribution in [-0.2, 0) is 20.9 Å². The Kier molecular flexibility index (Phi) is 4.72. The van der Waals surface area contributed by atoms with Crippen LogP contribution < -0.4 is 4.90 Å². The van der Waals surface area contributed by atoms with Crippen molar-refractivity contribution in [3.63, 3.8) is 0 Å². The number of benzene rings is 1. The number of hydrogen-bond acceptors (Lipinski definition) is 7. The van der Waals surface area contributed by atoms with E-state index < -0.39 is 11.9 Å². The van der Waals surface area contributed by atoms with Crippen LogP contribution in [0.15, 0.2) is 45.6 Å². The number of amides is 1. The highest BCUT2D eigenvalue weighted by molar-refractivity contribution is 7.08. The Hall–Kier alpha value is -3.00. The van der Waals surface area contributed by atoms with Gasteiger partial charge in [0.2, 0.25) is 11.7 Å². The lowest BCUT2D eigenvalue weighted by Gasteiger charge is -2.16. The normalized spacial score (nSPS) is 16.7. The maximum absolute atomic E-state index is 12.3. The lowest BCUT2D eigenvalue weighted by Crippen LogP contribution is -2.26. The van der Waals surface area contributed by atoms with Gasteiger partial charge in [-0.3, -0.25) is 9.59 Å². The van der Waals surface area contributed by atoms with Gasteiger partial charge in [-0.15, -0.1) is 0 Å². The van der Waals surface area contributed by atoms with E-state index in [0.717, 1.165) is 16.8 Å². The van der Waals surface area contributed by atoms with Gasteiger partial charge in [-0.2, -0.15) is 16.3 Å². The molecule has 0 bridgehead atoms. The number of nitrogens with zero attached hydrogens (tertiary/aromatic N) is 3. The summed E-state index contributed by atoms with van der Waals surface area (Å²) in [7, 11) is 0. The summed E-state index contributed by atoms with van der Waals surface area (Å²) in [5, 5.41) is 7.70. The molecule has 0 aliphatic carbocycles. The van der Waals surface area contributed by atoms with Gasteiger partial charge in [-0.05, 0) is 30.5 Å². The molecule has 3 aromatic rings. The van der Waals surface area contributed by atoms with Crippen molar-refractivity contribution in [1.82, 2.24) is 10.1 Å². The highest BCUT2D eigenvalue weighted by Gasteiger charge is 2.36. The van der Waals surface area contributed by atoms with E-state index in [-0.39, 0.29) is 24.8 Å². The van der Waals surface area contributed by atoms with Gasteiger partial charge in [0.25, 0.3) is 5.89 Å². The average Bonchev–Trinajstić information content (AvgIpc) is 3.41. The second-order valence-electron chi connectivity index (χ2n) is 6.37. The summed E-state index contributed by atoms with van der Waals surface area (Å²) in [6, 6.07) is 9.52. The number of anilines is 1. The predicted molar refractivity (Wildman–Crippen MR) is 99.0 cm³/mol. The fraction of sp³-hybridized carbons (Fsp3) is 0.263. The van der Waals surface area contributed by atoms with Crippen LogP contribution in [0, 0.1) is 12.8 Å². The molecule has 0 N–H and O–H groups in total. The van der Waals surface area contributed by atoms with Crippen molar-refractivity contribution in [2.24, 2.45) is 5.92 Å². The summed E-state index contributed by atoms with van der Waals surface area (Å²) >= 11 is 1.53. The van der Waals surface area contributed by atoms with E-state index in [4.69, 9.17) is 9.26 Å². The molecule has 4 rings (SSSR count). The van der Waals surface area contributed by atoms with Crippen LogP contribution in [0.1, 0.15) is 17.9 Å². The molecule has 0 saturated carbocycles. The second-order valence-corrected chi connectivity index (χ2v) is 7.15. The molecule has 7 nitrogen and oxygen atoms in total. The molecule has 0 radical (unpaired) electrons. The number of hydrogen-bond donors (Lipinski definition) is 0. The van der Waals surface area contributed by atoms with E-state index in [9.17, 15) is 9.59 Å². The van der Waals surface area contributed by atoms with Crippen LogP contribution >= 0.6 is 11.3 Å². The van der Waals surface area contributed by atoms with Gasteiger partial charge in [-0.1, -0.05) is 22.9 Å². The number of esters is 1. The topological polar surface area (TPSA) is 85.5 Å². The van der Waals surface area contributed by atoms with E-state index in [0.29, 0.717) is 12.4 Å². The second kappa shape index (κ2) is 7.32. The molecule has 1 aliphatic heterocycles. The number of ether oxygens (including phenoxy) is 1. The van der Waals surface area contributed by atoms with Crippen LogP contribution in [0.3, 0.4) is 0 Å². The largest absolute Gasteiger partial charge is 0.455 e. The molecule has 2 aromatic heterocycles. The highest BCUT2D eigenvalue weighted by atomic mass is 32.1. The number of carbonyl (C=O) groups excluding carboxylic acids is 2. The Morgan fingerprint density at radius 1 is 1.33 bits per heavy atom. The zero-order valence-corrected chi connectivity index (χ0v) is 15.4. The minimum Gasteiger partial charge on any atom is -0.455 e. The molecule has 1 unspecified atom stereocenters. The quantitative estimate of drug-likeness (QED) is 0.629. The van der Waals surface area contributed by atoms with E-state index in [1.54, 1.807) is 4.90 Å². The van der Waals surface area contributed by atoms with Crippen molar-refractivity contribution in [3.05, 3.63) is 52.5 Å². The van der Waals surface area contributed by atoms with Crippen molar-refractivity contribution in [2.45, 2.75) is 20.0 Å². The zero-order valence-electron chi connectivity index (χ0n) is 14.6. The van der Waals surface area contributed by atoms with E-state index in [1.165, 1.54) is 11.3 Å². The SMILES string of the molecule is Cc1ccc(N2CC(C(=O)OCc3nc(-c4ccsc4)no3)CC2=O)cc1. The lowest BCUT2D eigenvalue weighted by molar-refractivity contribution is -0.150. The first-order valence-corrected chi connectivity index (χ1v) is 9.43. The molecule has 1 aliphatic rings. The Bertz CT molecular complexity index is 950. The van der Waals surface area contributed by atoms with Crippen molar-refractivity contribution in [3.8, 4) is 11.4 Å². The molecule has 138 valence electrons. The van der Waals surface area contributed by atoms with Crippen LogP contribution in [0.2, 0.25) is 0 Å². The van der Waals surface area contributed by atoms with Crippen molar-refractivity contribution in [1.29, 1.82) is 0 Å². The fourth-order valence-corrected chi connectivity index (χ4v) is 3.55. The monoisotopic (exact) mass is 383 g/mol. The molecule has 1 aromatic carbocycles. The predicted octanol–water partition coefficient (Wildman–Crippen LogP) is 3.20. The number of aryl methyl sites for hydroxylation is 1. The molecular weight excluding hydrogens is 366 g/mol. The Balaban J connectivity index is 1.35. The molecule has 1 amide bonds. The molecule has 8 heteroatoms. The third kappa shape index (κ3) is 3.75. The van der Waals surface area contributed by atoms with E-state index in [2.05, 4.69) is 10.1 Å². The first-order valence-electron chi connectivity index (χ1n) is 8.49. The summed E-state index contributed by atoms with van der Waals surface area (Å²) < 4.78 is 10.4. The standard InChI is InChI=1S/C19H17N3O4S/c1-12-2-4-15(5-3-12)22-9-14(8-17(22)23)19(24)25-10-16-20-18(21-26-16)13-6-7-27-11-13/h2-7,11,14H,8-10H2,1H3. The van der Waals surface area contributed by atoms with Crippen molar-refractivity contribution >= 4 is 28.9 Å². The Morgan fingerprint density at radius 2 is 2.15 bits per heavy atom. The number of carbonyl (C=O) groups is 2. The summed E-state index contributed by atoms with van der Waals surface area (Å²) in [6.45, 7) is 2.19. The number of rotatable bonds is 5. The zero-order chi connectivity index (χ0) is 18.8. The van der Waals surface area contributed by atoms with Gasteiger partial charge < -0.3 is 14.2 Å². The van der Waals surface area contributed by atoms with E-state index >= 15 is 0 Å². The van der Waals surface area contributed by atoms with Gasteiger partial charge in [0, 0.05) is 29.6 Å². The molecule has 1 saturated heterocycles. The van der Waals surface area contributed by atoms with Gasteiger partial charge >= 0.3 is 5.97 Å². The summed E-state index contributed by atoms with van der Waals surface area (Å²) in [5.74, 6) is -0.335. The smallest absolute Gasteiger partial charge is 0.311 e. The maximum atomic E-state index is 12.3. The van der Waals surface area contributed by atoms with Gasteiger partial charge in [0.05, 0.1) is 5.92 Å². The summed E-state index contributed by atoms with van der Waals surface area (Å²) in [6.07, 6.45) is 0.136. The first-order chi connectivity index (χ1) is 13.1. The van der Waals surface area contributed by atoms with Gasteiger partial charge in [-0.25, -0.2) is 0 Å². The van der Waals surface area contributed by atoms with Gasteiger partial charge in [0.1, 0.15) is 0 Å². The van der Waals surface area contributed by atoms with Crippen molar-refractivity contribution < 1.29 is 18.8 Å². The molecule has 1 fully saturated rings. The number of thiophene rings is 1.